The molecule has 1 saturated heterocycles. The van der Waals surface area contributed by atoms with Gasteiger partial charge in [0.25, 0.3) is 0 Å². The van der Waals surface area contributed by atoms with Gasteiger partial charge in [-0.2, -0.15) is 13.2 Å². The highest BCUT2D eigenvalue weighted by Crippen LogP contribution is 2.46. The number of piperidine rings is 1. The summed E-state index contributed by atoms with van der Waals surface area (Å²) in [4.78, 5) is 30.3. The maximum Gasteiger partial charge on any atom is 0.451 e. The van der Waals surface area contributed by atoms with Gasteiger partial charge in [0.15, 0.2) is 5.82 Å². The topological polar surface area (TPSA) is 83.4 Å². The Labute approximate surface area is 245 Å². The number of aromatic nitrogens is 3. The summed E-state index contributed by atoms with van der Waals surface area (Å²) in [6.07, 6.45) is 5.31. The van der Waals surface area contributed by atoms with E-state index in [0.29, 0.717) is 18.4 Å². The number of hydrogen-bond acceptors (Lipinski definition) is 5. The van der Waals surface area contributed by atoms with Crippen LogP contribution in [-0.4, -0.2) is 69.1 Å². The molecule has 3 heterocycles. The van der Waals surface area contributed by atoms with Crippen LogP contribution in [0.15, 0.2) is 24.3 Å². The number of fused-ring (bicyclic) bond motifs is 3. The lowest BCUT2D eigenvalue weighted by molar-refractivity contribution is -0.148. The zero-order valence-electron chi connectivity index (χ0n) is 24.2. The summed E-state index contributed by atoms with van der Waals surface area (Å²) in [6.45, 7) is 3.99. The molecule has 1 N–H and O–H groups in total. The van der Waals surface area contributed by atoms with Gasteiger partial charge in [-0.15, -0.1) is 10.2 Å². The minimum Gasteiger partial charge on any atom is -0.356 e. The van der Waals surface area contributed by atoms with Crippen LogP contribution in [-0.2, 0) is 40.7 Å². The number of nitrogens with one attached hydrogen (secondary N) is 1. The van der Waals surface area contributed by atoms with E-state index in [9.17, 15) is 22.8 Å². The largest absolute Gasteiger partial charge is 0.451 e. The molecular formula is C31H41F3N6O2. The van der Waals surface area contributed by atoms with Gasteiger partial charge < -0.3 is 19.7 Å². The zero-order chi connectivity index (χ0) is 29.4. The molecule has 0 unspecified atom stereocenters. The lowest BCUT2D eigenvalue weighted by atomic mass is 9.74. The van der Waals surface area contributed by atoms with Crippen LogP contribution < -0.4 is 5.32 Å². The highest BCUT2D eigenvalue weighted by molar-refractivity contribution is 5.80. The SMILES string of the molecule is O=C(CC1(CC(=O)N2CCn3c(nnc3C(F)(F)F)C2)CCCC1)NCCCN1CCC2(CCc3ccccc32)CC1. The normalized spacial score (nSPS) is 21.4. The molecule has 0 radical (unpaired) electrons. The van der Waals surface area contributed by atoms with Crippen LogP contribution in [0.1, 0.15) is 87.0 Å². The Morgan fingerprint density at radius 3 is 2.45 bits per heavy atom. The standard InChI is InChI=1S/C31H41F3N6O2/c32-31(33,34)28-37-36-25-22-39(18-19-40(25)28)27(42)21-29(9-3-4-10-29)20-26(41)35-14-5-15-38-16-12-30(13-17-38)11-8-23-6-1-2-7-24(23)30/h1-2,6-7H,3-5,8-22H2,(H,35,41). The number of alkyl halides is 3. The summed E-state index contributed by atoms with van der Waals surface area (Å²) in [7, 11) is 0. The van der Waals surface area contributed by atoms with Crippen molar-refractivity contribution in [1.82, 2.24) is 29.9 Å². The number of likely N-dealkylation sites (tertiary alicyclic amines) is 1. The molecule has 2 amide bonds. The van der Waals surface area contributed by atoms with Gasteiger partial charge in [0.05, 0.1) is 6.54 Å². The van der Waals surface area contributed by atoms with Crippen LogP contribution >= 0.6 is 0 Å². The molecule has 8 nitrogen and oxygen atoms in total. The molecule has 0 atom stereocenters. The van der Waals surface area contributed by atoms with Crippen molar-refractivity contribution in [2.45, 2.75) is 95.3 Å². The second kappa shape index (κ2) is 11.6. The Morgan fingerprint density at radius 1 is 0.929 bits per heavy atom. The van der Waals surface area contributed by atoms with Crippen molar-refractivity contribution >= 4 is 11.8 Å². The first-order valence-corrected chi connectivity index (χ1v) is 15.5. The Bertz CT molecular complexity index is 1290. The minimum absolute atomic E-state index is 0.00825. The third-order valence-electron chi connectivity index (χ3n) is 10.3. The average Bonchev–Trinajstić information content (AvgIpc) is 3.70. The minimum atomic E-state index is -4.57. The maximum atomic E-state index is 13.3. The van der Waals surface area contributed by atoms with E-state index in [0.717, 1.165) is 56.3 Å². The Morgan fingerprint density at radius 2 is 1.69 bits per heavy atom. The summed E-state index contributed by atoms with van der Waals surface area (Å²) in [5.74, 6) is -1.01. The van der Waals surface area contributed by atoms with Crippen LogP contribution in [0.5, 0.6) is 0 Å². The second-order valence-corrected chi connectivity index (χ2v) is 12.9. The van der Waals surface area contributed by atoms with Crippen LogP contribution in [0.25, 0.3) is 0 Å². The van der Waals surface area contributed by atoms with E-state index in [4.69, 9.17) is 0 Å². The number of rotatable bonds is 8. The number of halogens is 3. The van der Waals surface area contributed by atoms with Crippen molar-refractivity contribution in [3.63, 3.8) is 0 Å². The molecule has 1 aromatic heterocycles. The summed E-state index contributed by atoms with van der Waals surface area (Å²) in [5, 5.41) is 10.1. The number of carbonyl (C=O) groups excluding carboxylic acids is 2. The summed E-state index contributed by atoms with van der Waals surface area (Å²) >= 11 is 0. The van der Waals surface area contributed by atoms with E-state index in [1.54, 1.807) is 10.5 Å². The van der Waals surface area contributed by atoms with Gasteiger partial charge in [-0.1, -0.05) is 37.1 Å². The number of nitrogens with zero attached hydrogens (tertiary/aromatic N) is 5. The van der Waals surface area contributed by atoms with Crippen molar-refractivity contribution in [2.75, 3.05) is 32.7 Å². The number of amides is 2. The van der Waals surface area contributed by atoms with Gasteiger partial charge in [0, 0.05) is 32.5 Å². The zero-order valence-corrected chi connectivity index (χ0v) is 24.2. The molecule has 4 aliphatic rings. The van der Waals surface area contributed by atoms with E-state index in [-0.39, 0.29) is 49.1 Å². The molecule has 0 bridgehead atoms. The number of hydrogen-bond donors (Lipinski definition) is 1. The summed E-state index contributed by atoms with van der Waals surface area (Å²) < 4.78 is 40.6. The fourth-order valence-corrected chi connectivity index (χ4v) is 7.98. The molecule has 2 aliphatic heterocycles. The lowest BCUT2D eigenvalue weighted by Crippen LogP contribution is -2.43. The van der Waals surface area contributed by atoms with Gasteiger partial charge in [-0.25, -0.2) is 0 Å². The van der Waals surface area contributed by atoms with E-state index in [1.165, 1.54) is 31.2 Å². The predicted molar refractivity (Wildman–Crippen MR) is 150 cm³/mol. The van der Waals surface area contributed by atoms with Gasteiger partial charge in [-0.05, 0) is 86.5 Å². The number of carbonyl (C=O) groups is 2. The average molecular weight is 587 g/mol. The number of aryl methyl sites for hydroxylation is 1. The van der Waals surface area contributed by atoms with E-state index >= 15 is 0 Å². The highest BCUT2D eigenvalue weighted by Gasteiger charge is 2.43. The van der Waals surface area contributed by atoms with E-state index in [1.807, 2.05) is 0 Å². The van der Waals surface area contributed by atoms with Crippen LogP contribution in [0, 0.1) is 5.41 Å². The predicted octanol–water partition coefficient (Wildman–Crippen LogP) is 4.47. The van der Waals surface area contributed by atoms with Gasteiger partial charge >= 0.3 is 6.18 Å². The van der Waals surface area contributed by atoms with Crippen molar-refractivity contribution in [2.24, 2.45) is 5.41 Å². The molecule has 1 spiro atoms. The van der Waals surface area contributed by atoms with Crippen molar-refractivity contribution in [3.8, 4) is 0 Å². The second-order valence-electron chi connectivity index (χ2n) is 12.9. The fourth-order valence-electron chi connectivity index (χ4n) is 7.98. The molecule has 6 rings (SSSR count). The molecular weight excluding hydrogens is 545 g/mol. The lowest BCUT2D eigenvalue weighted by Gasteiger charge is -2.40. The molecule has 1 saturated carbocycles. The quantitative estimate of drug-likeness (QED) is 0.462. The molecule has 2 aliphatic carbocycles. The Balaban J connectivity index is 0.943. The van der Waals surface area contributed by atoms with Crippen LogP contribution in [0.3, 0.4) is 0 Å². The van der Waals surface area contributed by atoms with Crippen molar-refractivity contribution in [3.05, 3.63) is 47.0 Å². The van der Waals surface area contributed by atoms with Crippen molar-refractivity contribution < 1.29 is 22.8 Å². The molecule has 1 aromatic carbocycles. The maximum absolute atomic E-state index is 13.3. The molecule has 2 fully saturated rings. The molecule has 2 aromatic rings. The first-order chi connectivity index (χ1) is 20.2. The third kappa shape index (κ3) is 5.94. The van der Waals surface area contributed by atoms with Crippen LogP contribution in [0.4, 0.5) is 13.2 Å². The van der Waals surface area contributed by atoms with Gasteiger partial charge in [0.2, 0.25) is 17.6 Å². The first-order valence-electron chi connectivity index (χ1n) is 15.5. The fraction of sp³-hybridized carbons (Fsp3) is 0.677. The molecule has 11 heteroatoms. The first kappa shape index (κ1) is 29.1. The smallest absolute Gasteiger partial charge is 0.356 e. The highest BCUT2D eigenvalue weighted by atomic mass is 19.4. The summed E-state index contributed by atoms with van der Waals surface area (Å²) in [6, 6.07) is 8.92. The van der Waals surface area contributed by atoms with E-state index in [2.05, 4.69) is 44.7 Å². The monoisotopic (exact) mass is 586 g/mol. The number of benzene rings is 1. The third-order valence-corrected chi connectivity index (χ3v) is 10.3. The molecule has 42 heavy (non-hydrogen) atoms. The van der Waals surface area contributed by atoms with Crippen LogP contribution in [0.2, 0.25) is 0 Å². The summed E-state index contributed by atoms with van der Waals surface area (Å²) in [5.41, 5.74) is 3.06. The van der Waals surface area contributed by atoms with Gasteiger partial charge in [-0.3, -0.25) is 9.59 Å². The van der Waals surface area contributed by atoms with Crippen molar-refractivity contribution in [1.29, 1.82) is 0 Å². The Hall–Kier alpha value is -2.95. The van der Waals surface area contributed by atoms with E-state index < -0.39 is 12.0 Å². The molecule has 228 valence electrons. The Kier molecular flexibility index (Phi) is 8.06. The van der Waals surface area contributed by atoms with Gasteiger partial charge in [0.1, 0.15) is 0 Å².